The first kappa shape index (κ1) is 20.4. The van der Waals surface area contributed by atoms with Gasteiger partial charge in [-0.3, -0.25) is 14.6 Å². The van der Waals surface area contributed by atoms with Gasteiger partial charge in [-0.25, -0.2) is 0 Å². The largest absolute Gasteiger partial charge is 0.377 e. The highest BCUT2D eigenvalue weighted by molar-refractivity contribution is 5.94. The third-order valence-electron chi connectivity index (χ3n) is 5.47. The van der Waals surface area contributed by atoms with Crippen molar-refractivity contribution in [3.63, 3.8) is 0 Å². The van der Waals surface area contributed by atoms with Crippen molar-refractivity contribution in [2.45, 2.75) is 31.5 Å². The fourth-order valence-corrected chi connectivity index (χ4v) is 3.85. The minimum Gasteiger partial charge on any atom is -0.377 e. The van der Waals surface area contributed by atoms with Crippen LogP contribution in [0.2, 0.25) is 0 Å². The predicted octanol–water partition coefficient (Wildman–Crippen LogP) is 1.00. The molecule has 4 heterocycles. The van der Waals surface area contributed by atoms with Gasteiger partial charge in [-0.2, -0.15) is 10.2 Å². The lowest BCUT2D eigenvalue weighted by Gasteiger charge is -2.32. The molecular weight excluding hydrogens is 386 g/mol. The summed E-state index contributed by atoms with van der Waals surface area (Å²) < 4.78 is 12.1. The molecule has 0 bridgehead atoms. The van der Waals surface area contributed by atoms with Crippen molar-refractivity contribution in [1.82, 2.24) is 25.4 Å². The van der Waals surface area contributed by atoms with Gasteiger partial charge >= 0.3 is 0 Å². The Morgan fingerprint density at radius 2 is 2.13 bits per heavy atom. The van der Waals surface area contributed by atoms with Crippen LogP contribution in [0, 0.1) is 6.92 Å². The highest BCUT2D eigenvalue weighted by Crippen LogP contribution is 2.33. The molecule has 0 aliphatic carbocycles. The molecule has 0 saturated carbocycles. The number of nitrogens with zero attached hydrogens (tertiary/aromatic N) is 4. The van der Waals surface area contributed by atoms with Gasteiger partial charge in [0.15, 0.2) is 0 Å². The van der Waals surface area contributed by atoms with Gasteiger partial charge in [0.2, 0.25) is 0 Å². The monoisotopic (exact) mass is 411 g/mol. The molecule has 2 atom stereocenters. The summed E-state index contributed by atoms with van der Waals surface area (Å²) in [5.41, 5.74) is 1.33. The van der Waals surface area contributed by atoms with Crippen LogP contribution in [0.1, 0.15) is 39.3 Å². The lowest BCUT2D eigenvalue weighted by Crippen LogP contribution is -2.47. The minimum atomic E-state index is -0.558. The Labute approximate surface area is 174 Å². The maximum absolute atomic E-state index is 13.0. The van der Waals surface area contributed by atoms with E-state index in [2.05, 4.69) is 20.5 Å². The van der Waals surface area contributed by atoms with E-state index < -0.39 is 5.60 Å². The fraction of sp³-hybridized carbons (Fsp3) is 0.476. The van der Waals surface area contributed by atoms with Gasteiger partial charge in [-0.05, 0) is 38.0 Å². The number of carbonyl (C=O) groups excluding carboxylic acids is 2. The second-order valence-corrected chi connectivity index (χ2v) is 7.77. The second kappa shape index (κ2) is 8.85. The van der Waals surface area contributed by atoms with Crippen molar-refractivity contribution in [1.29, 1.82) is 0 Å². The first-order chi connectivity index (χ1) is 14.5. The van der Waals surface area contributed by atoms with Crippen molar-refractivity contribution in [3.8, 4) is 0 Å². The molecule has 2 fully saturated rings. The number of carbonyl (C=O) groups is 2. The number of ether oxygens (including phenoxy) is 2. The van der Waals surface area contributed by atoms with Gasteiger partial charge in [-0.15, -0.1) is 0 Å². The predicted molar refractivity (Wildman–Crippen MR) is 107 cm³/mol. The molecule has 0 aromatic carbocycles. The summed E-state index contributed by atoms with van der Waals surface area (Å²) in [5.74, 6) is -0.284. The topological polar surface area (TPSA) is 107 Å². The second-order valence-electron chi connectivity index (χ2n) is 7.77. The molecule has 0 radical (unpaired) electrons. The van der Waals surface area contributed by atoms with Gasteiger partial charge in [0.25, 0.3) is 11.8 Å². The van der Waals surface area contributed by atoms with Crippen molar-refractivity contribution >= 4 is 11.8 Å². The smallest absolute Gasteiger partial charge is 0.255 e. The molecule has 2 aromatic heterocycles. The van der Waals surface area contributed by atoms with Crippen LogP contribution in [0.25, 0.3) is 0 Å². The van der Waals surface area contributed by atoms with E-state index in [1.54, 1.807) is 23.2 Å². The van der Waals surface area contributed by atoms with Crippen LogP contribution in [0.3, 0.4) is 0 Å². The van der Waals surface area contributed by atoms with Crippen LogP contribution in [0.15, 0.2) is 36.8 Å². The third kappa shape index (κ3) is 4.63. The van der Waals surface area contributed by atoms with E-state index in [-0.39, 0.29) is 17.9 Å². The van der Waals surface area contributed by atoms with Gasteiger partial charge in [0, 0.05) is 25.0 Å². The molecular formula is C21H25N5O4. The van der Waals surface area contributed by atoms with Crippen molar-refractivity contribution in [3.05, 3.63) is 53.6 Å². The standard InChI is InChI=1S/C21H25N5O4/c1-15-2-3-17(10-22-15)20(28)26-8-9-29-14-21(13-26)6-4-18(30-21)12-23-19(27)16-5-7-24-25-11-16/h2-3,5,7,10-11,18H,4,6,8-9,12-14H2,1H3,(H,23,27). The maximum atomic E-state index is 13.0. The highest BCUT2D eigenvalue weighted by atomic mass is 16.6. The van der Waals surface area contributed by atoms with Crippen molar-refractivity contribution < 1.29 is 19.1 Å². The Bertz CT molecular complexity index is 892. The first-order valence-corrected chi connectivity index (χ1v) is 10.1. The summed E-state index contributed by atoms with van der Waals surface area (Å²) in [6, 6.07) is 5.24. The lowest BCUT2D eigenvalue weighted by molar-refractivity contribution is -0.0824. The zero-order chi connectivity index (χ0) is 21.0. The molecule has 2 amide bonds. The lowest BCUT2D eigenvalue weighted by atomic mass is 9.99. The number of pyridine rings is 1. The van der Waals surface area contributed by atoms with E-state index >= 15 is 0 Å². The molecule has 2 aromatic rings. The van der Waals surface area contributed by atoms with E-state index in [4.69, 9.17) is 9.47 Å². The number of nitrogens with one attached hydrogen (secondary N) is 1. The summed E-state index contributed by atoms with van der Waals surface area (Å²) in [5, 5.41) is 10.3. The summed E-state index contributed by atoms with van der Waals surface area (Å²) in [4.78, 5) is 31.2. The molecule has 4 rings (SSSR count). The minimum absolute atomic E-state index is 0.0714. The molecule has 9 heteroatoms. The van der Waals surface area contributed by atoms with Crippen LogP contribution in [-0.2, 0) is 9.47 Å². The van der Waals surface area contributed by atoms with Crippen molar-refractivity contribution in [2.75, 3.05) is 32.8 Å². The number of aryl methyl sites for hydroxylation is 1. The van der Waals surface area contributed by atoms with Crippen LogP contribution < -0.4 is 5.32 Å². The van der Waals surface area contributed by atoms with E-state index in [0.717, 1.165) is 18.5 Å². The first-order valence-electron chi connectivity index (χ1n) is 10.1. The van der Waals surface area contributed by atoms with Gasteiger partial charge in [0.1, 0.15) is 5.60 Å². The average Bonchev–Trinajstić information content (AvgIpc) is 3.05. The number of rotatable bonds is 4. The Balaban J connectivity index is 1.37. The fourth-order valence-electron chi connectivity index (χ4n) is 3.85. The SMILES string of the molecule is Cc1ccc(C(=O)N2CCOCC3(CCC(CNC(=O)c4ccnnc4)O3)C2)cn1. The molecule has 2 saturated heterocycles. The van der Waals surface area contributed by atoms with Gasteiger partial charge in [0.05, 0.1) is 49.4 Å². The molecule has 2 aliphatic rings. The Kier molecular flexibility index (Phi) is 6.01. The summed E-state index contributed by atoms with van der Waals surface area (Å²) >= 11 is 0. The molecule has 158 valence electrons. The Hall–Kier alpha value is -2.91. The maximum Gasteiger partial charge on any atom is 0.255 e. The van der Waals surface area contributed by atoms with E-state index in [0.29, 0.717) is 44.0 Å². The van der Waals surface area contributed by atoms with Gasteiger partial charge in [-0.1, -0.05) is 0 Å². The highest BCUT2D eigenvalue weighted by Gasteiger charge is 2.44. The molecule has 9 nitrogen and oxygen atoms in total. The van der Waals surface area contributed by atoms with Gasteiger partial charge < -0.3 is 19.7 Å². The summed E-state index contributed by atoms with van der Waals surface area (Å²) in [6.07, 6.45) is 5.93. The normalized spacial score (nSPS) is 23.9. The Morgan fingerprint density at radius 3 is 2.90 bits per heavy atom. The zero-order valence-corrected chi connectivity index (χ0v) is 16.9. The number of amides is 2. The summed E-state index contributed by atoms with van der Waals surface area (Å²) in [6.45, 7) is 4.14. The van der Waals surface area contributed by atoms with Crippen LogP contribution >= 0.6 is 0 Å². The van der Waals surface area contributed by atoms with Crippen LogP contribution in [-0.4, -0.2) is 76.4 Å². The number of hydrogen-bond acceptors (Lipinski definition) is 7. The average molecular weight is 411 g/mol. The van der Waals surface area contributed by atoms with E-state index in [1.807, 2.05) is 13.0 Å². The van der Waals surface area contributed by atoms with E-state index in [9.17, 15) is 9.59 Å². The van der Waals surface area contributed by atoms with Crippen LogP contribution in [0.5, 0.6) is 0 Å². The van der Waals surface area contributed by atoms with Crippen molar-refractivity contribution in [2.24, 2.45) is 0 Å². The molecule has 2 aliphatic heterocycles. The quantitative estimate of drug-likeness (QED) is 0.800. The molecule has 1 spiro atoms. The molecule has 30 heavy (non-hydrogen) atoms. The van der Waals surface area contributed by atoms with E-state index in [1.165, 1.54) is 12.4 Å². The molecule has 2 unspecified atom stereocenters. The number of aromatic nitrogens is 3. The summed E-state index contributed by atoms with van der Waals surface area (Å²) in [7, 11) is 0. The third-order valence-corrected chi connectivity index (χ3v) is 5.47. The Morgan fingerprint density at radius 1 is 1.23 bits per heavy atom. The number of hydrogen-bond donors (Lipinski definition) is 1. The zero-order valence-electron chi connectivity index (χ0n) is 16.9. The molecule has 1 N–H and O–H groups in total. The van der Waals surface area contributed by atoms with Crippen LogP contribution in [0.4, 0.5) is 0 Å².